The molecule has 112 valence electrons. The van der Waals surface area contributed by atoms with Crippen molar-refractivity contribution in [2.75, 3.05) is 13.6 Å². The van der Waals surface area contributed by atoms with Gasteiger partial charge in [0.1, 0.15) is 5.82 Å². The minimum absolute atomic E-state index is 0.0649. The molecule has 0 radical (unpaired) electrons. The van der Waals surface area contributed by atoms with E-state index in [2.05, 4.69) is 32.0 Å². The Hall–Kier alpha value is -1.79. The molecule has 1 N–H and O–H groups in total. The molecular formula is C15H20FN5. The predicted octanol–water partition coefficient (Wildman–Crippen LogP) is 1.71. The van der Waals surface area contributed by atoms with Crippen LogP contribution in [0.2, 0.25) is 0 Å². The van der Waals surface area contributed by atoms with E-state index in [9.17, 15) is 4.39 Å². The second kappa shape index (κ2) is 5.91. The summed E-state index contributed by atoms with van der Waals surface area (Å²) in [6.07, 6.45) is 4.79. The number of pyridine rings is 1. The smallest absolute Gasteiger partial charge is 0.146 e. The first-order chi connectivity index (χ1) is 10.1. The van der Waals surface area contributed by atoms with Crippen LogP contribution in [0.1, 0.15) is 29.8 Å². The Kier molecular flexibility index (Phi) is 3.98. The summed E-state index contributed by atoms with van der Waals surface area (Å²) in [7, 11) is 2.11. The largest absolute Gasteiger partial charge is 0.306 e. The lowest BCUT2D eigenvalue weighted by molar-refractivity contribution is 0.257. The van der Waals surface area contributed by atoms with Crippen molar-refractivity contribution in [1.29, 1.82) is 0 Å². The molecule has 0 aliphatic carbocycles. The molecule has 1 atom stereocenters. The highest BCUT2D eigenvalue weighted by atomic mass is 19.1. The summed E-state index contributed by atoms with van der Waals surface area (Å²) in [4.78, 5) is 6.07. The Balaban J connectivity index is 1.68. The van der Waals surface area contributed by atoms with Gasteiger partial charge in [0.25, 0.3) is 0 Å². The molecule has 1 unspecified atom stereocenters. The Morgan fingerprint density at radius 3 is 3.05 bits per heavy atom. The van der Waals surface area contributed by atoms with Crippen LogP contribution in [0.15, 0.2) is 24.7 Å². The zero-order valence-corrected chi connectivity index (χ0v) is 12.4. The van der Waals surface area contributed by atoms with E-state index in [-0.39, 0.29) is 11.9 Å². The summed E-state index contributed by atoms with van der Waals surface area (Å²) >= 11 is 0. The highest BCUT2D eigenvalue weighted by Gasteiger charge is 2.18. The van der Waals surface area contributed by atoms with Gasteiger partial charge in [-0.15, -0.1) is 0 Å². The third-order valence-corrected chi connectivity index (χ3v) is 4.02. The normalized spacial score (nSPS) is 16.7. The number of aromatic nitrogens is 3. The molecule has 0 fully saturated rings. The quantitative estimate of drug-likeness (QED) is 0.931. The lowest BCUT2D eigenvalue weighted by atomic mass is 10.1. The van der Waals surface area contributed by atoms with Crippen molar-refractivity contribution < 1.29 is 4.39 Å². The number of halogens is 1. The Morgan fingerprint density at radius 1 is 1.38 bits per heavy atom. The lowest BCUT2D eigenvalue weighted by Gasteiger charge is -2.24. The van der Waals surface area contributed by atoms with Gasteiger partial charge in [-0.2, -0.15) is 5.10 Å². The fourth-order valence-corrected chi connectivity index (χ4v) is 2.68. The topological polar surface area (TPSA) is 46.0 Å². The Labute approximate surface area is 123 Å². The van der Waals surface area contributed by atoms with Gasteiger partial charge < -0.3 is 5.32 Å². The van der Waals surface area contributed by atoms with Crippen LogP contribution < -0.4 is 5.32 Å². The van der Waals surface area contributed by atoms with Crippen LogP contribution in [0.3, 0.4) is 0 Å². The molecule has 3 rings (SSSR count). The minimum Gasteiger partial charge on any atom is -0.306 e. The zero-order chi connectivity index (χ0) is 14.8. The van der Waals surface area contributed by atoms with E-state index in [1.165, 1.54) is 17.5 Å². The first-order valence-electron chi connectivity index (χ1n) is 7.20. The van der Waals surface area contributed by atoms with Crippen LogP contribution in [-0.2, 0) is 19.6 Å². The summed E-state index contributed by atoms with van der Waals surface area (Å²) in [6, 6.07) is 1.65. The first-order valence-corrected chi connectivity index (χ1v) is 7.20. The SMILES string of the molecule is CC(NCc1cnn2c1CN(C)CC2)c1ccncc1F. The van der Waals surface area contributed by atoms with Gasteiger partial charge in [-0.05, 0) is 20.0 Å². The van der Waals surface area contributed by atoms with Crippen molar-refractivity contribution >= 4 is 0 Å². The van der Waals surface area contributed by atoms with Gasteiger partial charge >= 0.3 is 0 Å². The van der Waals surface area contributed by atoms with Gasteiger partial charge in [0, 0.05) is 43.0 Å². The third-order valence-electron chi connectivity index (χ3n) is 4.02. The van der Waals surface area contributed by atoms with Crippen LogP contribution >= 0.6 is 0 Å². The van der Waals surface area contributed by atoms with Gasteiger partial charge in [0.15, 0.2) is 0 Å². The summed E-state index contributed by atoms with van der Waals surface area (Å²) in [5.41, 5.74) is 3.07. The number of hydrogen-bond donors (Lipinski definition) is 1. The van der Waals surface area contributed by atoms with Gasteiger partial charge in [-0.25, -0.2) is 4.39 Å². The highest BCUT2D eigenvalue weighted by molar-refractivity contribution is 5.21. The van der Waals surface area contributed by atoms with Crippen LogP contribution in [-0.4, -0.2) is 33.3 Å². The van der Waals surface area contributed by atoms with Crippen molar-refractivity contribution in [3.05, 3.63) is 47.3 Å². The standard InChI is InChI=1S/C15H20FN5/c1-11(13-3-4-17-9-14(13)16)18-7-12-8-19-21-6-5-20(2)10-15(12)21/h3-4,8-9,11,18H,5-7,10H2,1-2H3. The van der Waals surface area contributed by atoms with Gasteiger partial charge in [-0.3, -0.25) is 14.6 Å². The molecule has 1 aliphatic heterocycles. The monoisotopic (exact) mass is 289 g/mol. The molecule has 0 amide bonds. The molecular weight excluding hydrogens is 269 g/mol. The Morgan fingerprint density at radius 2 is 2.24 bits per heavy atom. The number of nitrogens with one attached hydrogen (secondary N) is 1. The second-order valence-electron chi connectivity index (χ2n) is 5.58. The maximum absolute atomic E-state index is 13.7. The average molecular weight is 289 g/mol. The number of rotatable bonds is 4. The molecule has 0 saturated carbocycles. The second-order valence-corrected chi connectivity index (χ2v) is 5.58. The number of nitrogens with zero attached hydrogens (tertiary/aromatic N) is 4. The number of likely N-dealkylation sites (N-methyl/N-ethyl adjacent to an activating group) is 1. The van der Waals surface area contributed by atoms with Gasteiger partial charge in [-0.1, -0.05) is 0 Å². The van der Waals surface area contributed by atoms with E-state index in [1.54, 1.807) is 12.3 Å². The van der Waals surface area contributed by atoms with Crippen molar-refractivity contribution in [3.8, 4) is 0 Å². The summed E-state index contributed by atoms with van der Waals surface area (Å²) in [5.74, 6) is -0.269. The molecule has 2 aromatic heterocycles. The fourth-order valence-electron chi connectivity index (χ4n) is 2.68. The first kappa shape index (κ1) is 14.2. The van der Waals surface area contributed by atoms with E-state index in [0.29, 0.717) is 12.1 Å². The average Bonchev–Trinajstić information content (AvgIpc) is 2.87. The van der Waals surface area contributed by atoms with E-state index >= 15 is 0 Å². The van der Waals surface area contributed by atoms with Crippen molar-refractivity contribution in [2.24, 2.45) is 0 Å². The molecule has 21 heavy (non-hydrogen) atoms. The lowest BCUT2D eigenvalue weighted by Crippen LogP contribution is -2.31. The minimum atomic E-state index is -0.269. The summed E-state index contributed by atoms with van der Waals surface area (Å²) in [5, 5.41) is 7.79. The van der Waals surface area contributed by atoms with E-state index in [4.69, 9.17) is 0 Å². The molecule has 3 heterocycles. The van der Waals surface area contributed by atoms with Crippen LogP contribution in [0.25, 0.3) is 0 Å². The zero-order valence-electron chi connectivity index (χ0n) is 12.4. The molecule has 2 aromatic rings. The van der Waals surface area contributed by atoms with Crippen molar-refractivity contribution in [3.63, 3.8) is 0 Å². The van der Waals surface area contributed by atoms with Crippen LogP contribution in [0.4, 0.5) is 4.39 Å². The summed E-state index contributed by atoms with van der Waals surface area (Å²) in [6.45, 7) is 5.52. The predicted molar refractivity (Wildman–Crippen MR) is 78.0 cm³/mol. The van der Waals surface area contributed by atoms with Crippen LogP contribution in [0.5, 0.6) is 0 Å². The molecule has 0 spiro atoms. The maximum atomic E-state index is 13.7. The summed E-state index contributed by atoms with van der Waals surface area (Å²) < 4.78 is 15.8. The van der Waals surface area contributed by atoms with E-state index in [1.807, 2.05) is 13.1 Å². The molecule has 0 saturated heterocycles. The number of hydrogen-bond acceptors (Lipinski definition) is 4. The van der Waals surface area contributed by atoms with Crippen molar-refractivity contribution in [1.82, 2.24) is 25.0 Å². The molecule has 1 aliphatic rings. The molecule has 5 nitrogen and oxygen atoms in total. The molecule has 0 bridgehead atoms. The van der Waals surface area contributed by atoms with Crippen LogP contribution in [0, 0.1) is 5.82 Å². The molecule has 6 heteroatoms. The Bertz CT molecular complexity index is 624. The van der Waals surface area contributed by atoms with E-state index in [0.717, 1.165) is 19.6 Å². The van der Waals surface area contributed by atoms with Gasteiger partial charge in [0.05, 0.1) is 24.6 Å². The molecule has 0 aromatic carbocycles. The third kappa shape index (κ3) is 2.96. The fraction of sp³-hybridized carbons (Fsp3) is 0.467. The van der Waals surface area contributed by atoms with E-state index < -0.39 is 0 Å². The maximum Gasteiger partial charge on any atom is 0.146 e. The van der Waals surface area contributed by atoms with Gasteiger partial charge in [0.2, 0.25) is 0 Å². The highest BCUT2D eigenvalue weighted by Crippen LogP contribution is 2.18. The number of fused-ring (bicyclic) bond motifs is 1. The van der Waals surface area contributed by atoms with Crippen molar-refractivity contribution in [2.45, 2.75) is 32.6 Å².